The van der Waals surface area contributed by atoms with Gasteiger partial charge in [-0.3, -0.25) is 24.5 Å². The predicted molar refractivity (Wildman–Crippen MR) is 116 cm³/mol. The maximum absolute atomic E-state index is 13.1. The first-order valence-corrected chi connectivity index (χ1v) is 10.3. The molecule has 3 aromatic heterocycles. The highest BCUT2D eigenvalue weighted by atomic mass is 32.1. The summed E-state index contributed by atoms with van der Waals surface area (Å²) in [5.74, 6) is -0.386. The van der Waals surface area contributed by atoms with Gasteiger partial charge in [0.2, 0.25) is 0 Å². The number of carbonyl (C=O) groups excluding carboxylic acids is 1. The number of nitrogens with zero attached hydrogens (tertiary/aromatic N) is 4. The van der Waals surface area contributed by atoms with E-state index in [4.69, 9.17) is 4.84 Å². The van der Waals surface area contributed by atoms with Gasteiger partial charge in [-0.05, 0) is 19.4 Å². The fourth-order valence-corrected chi connectivity index (χ4v) is 3.89. The first-order valence-electron chi connectivity index (χ1n) is 9.38. The molecule has 0 unspecified atom stereocenters. The van der Waals surface area contributed by atoms with Crippen LogP contribution in [0.1, 0.15) is 25.1 Å². The molecule has 10 nitrogen and oxygen atoms in total. The number of carbonyl (C=O) groups is 1. The van der Waals surface area contributed by atoms with E-state index >= 15 is 0 Å². The molecule has 4 aromatic rings. The highest BCUT2D eigenvalue weighted by molar-refractivity contribution is 7.13. The Labute approximate surface area is 180 Å². The lowest BCUT2D eigenvalue weighted by atomic mass is 10.0. The number of aromatic amines is 1. The van der Waals surface area contributed by atoms with Crippen molar-refractivity contribution in [3.05, 3.63) is 74.1 Å². The van der Waals surface area contributed by atoms with Gasteiger partial charge in [0.25, 0.3) is 11.5 Å². The van der Waals surface area contributed by atoms with E-state index in [1.54, 1.807) is 13.8 Å². The molecule has 0 aliphatic rings. The summed E-state index contributed by atoms with van der Waals surface area (Å²) in [6, 6.07) is 9.92. The second-order valence-corrected chi connectivity index (χ2v) is 8.20. The van der Waals surface area contributed by atoms with Gasteiger partial charge in [0.05, 0.1) is 12.0 Å². The highest BCUT2D eigenvalue weighted by Crippen LogP contribution is 2.24. The summed E-state index contributed by atoms with van der Waals surface area (Å²) in [7, 11) is 1.29. The lowest BCUT2D eigenvalue weighted by Crippen LogP contribution is -2.42. The molecule has 0 atom stereocenters. The minimum atomic E-state index is -1.21. The van der Waals surface area contributed by atoms with Gasteiger partial charge in [0.1, 0.15) is 12.6 Å². The molecule has 3 heterocycles. The van der Waals surface area contributed by atoms with Gasteiger partial charge >= 0.3 is 5.69 Å². The highest BCUT2D eigenvalue weighted by Gasteiger charge is 2.33. The standard InChI is InChI=1S/C20H20N6O4S/c1-20(2,25-11-21-14-15(27)23-19(29)26(30-3)16(14)25)17(28)24-18-22-13(10-31-18)9-12-7-5-4-6-8-12/h4-8,10-11H,9H2,1-3H3,(H,22,24,28)(H,23,27,29). The SMILES string of the molecule is COn1c(=O)[nH]c(=O)c2ncn(C(C)(C)C(=O)Nc3nc(Cc4ccccc4)cs3)c21. The molecule has 0 aliphatic carbocycles. The van der Waals surface area contributed by atoms with Crippen molar-refractivity contribution >= 4 is 33.5 Å². The molecular formula is C20H20N6O4S. The molecule has 0 fully saturated rings. The minimum Gasteiger partial charge on any atom is -0.411 e. The number of imidazole rings is 1. The van der Waals surface area contributed by atoms with Gasteiger partial charge in [-0.2, -0.15) is 0 Å². The third-order valence-electron chi connectivity index (χ3n) is 4.90. The number of amides is 1. The quantitative estimate of drug-likeness (QED) is 0.467. The Morgan fingerprint density at radius 1 is 1.26 bits per heavy atom. The average Bonchev–Trinajstić information content (AvgIpc) is 3.37. The van der Waals surface area contributed by atoms with Crippen molar-refractivity contribution in [3.63, 3.8) is 0 Å². The Balaban J connectivity index is 1.62. The summed E-state index contributed by atoms with van der Waals surface area (Å²) < 4.78 is 2.32. The number of benzene rings is 1. The molecule has 2 N–H and O–H groups in total. The predicted octanol–water partition coefficient (Wildman–Crippen LogP) is 1.37. The van der Waals surface area contributed by atoms with E-state index < -0.39 is 16.8 Å². The van der Waals surface area contributed by atoms with Gasteiger partial charge in [-0.25, -0.2) is 14.8 Å². The third-order valence-corrected chi connectivity index (χ3v) is 5.70. The van der Waals surface area contributed by atoms with Crippen LogP contribution in [0.2, 0.25) is 0 Å². The summed E-state index contributed by atoms with van der Waals surface area (Å²) in [4.78, 5) is 53.1. The van der Waals surface area contributed by atoms with Crippen molar-refractivity contribution in [2.24, 2.45) is 0 Å². The summed E-state index contributed by atoms with van der Waals surface area (Å²) in [5, 5.41) is 5.16. The number of fused-ring (bicyclic) bond motifs is 1. The van der Waals surface area contributed by atoms with E-state index in [1.807, 2.05) is 35.7 Å². The molecule has 1 amide bonds. The molecule has 0 saturated carbocycles. The molecule has 31 heavy (non-hydrogen) atoms. The van der Waals surface area contributed by atoms with Gasteiger partial charge < -0.3 is 4.84 Å². The summed E-state index contributed by atoms with van der Waals surface area (Å²) in [6.07, 6.45) is 1.99. The van der Waals surface area contributed by atoms with E-state index in [-0.39, 0.29) is 17.1 Å². The molecule has 0 aliphatic heterocycles. The Hall–Kier alpha value is -3.73. The molecule has 0 saturated heterocycles. The van der Waals surface area contributed by atoms with Gasteiger partial charge in [-0.15, -0.1) is 16.1 Å². The fraction of sp³-hybridized carbons (Fsp3) is 0.250. The number of rotatable bonds is 6. The molecule has 160 valence electrons. The maximum Gasteiger partial charge on any atom is 0.363 e. The van der Waals surface area contributed by atoms with Crippen molar-refractivity contribution in [3.8, 4) is 0 Å². The zero-order valence-electron chi connectivity index (χ0n) is 17.1. The smallest absolute Gasteiger partial charge is 0.363 e. The third kappa shape index (κ3) is 3.75. The van der Waals surface area contributed by atoms with Gasteiger partial charge in [0, 0.05) is 11.8 Å². The van der Waals surface area contributed by atoms with E-state index in [0.717, 1.165) is 16.0 Å². The van der Waals surface area contributed by atoms with Crippen LogP contribution in [0.15, 0.2) is 51.6 Å². The normalized spacial score (nSPS) is 11.6. The van der Waals surface area contributed by atoms with E-state index in [2.05, 4.69) is 20.3 Å². The molecule has 11 heteroatoms. The zero-order valence-corrected chi connectivity index (χ0v) is 17.9. The molecule has 0 radical (unpaired) electrons. The number of nitrogens with one attached hydrogen (secondary N) is 2. The molecule has 0 spiro atoms. The first kappa shape index (κ1) is 20.5. The Morgan fingerprint density at radius 3 is 2.71 bits per heavy atom. The second kappa shape index (κ2) is 7.84. The Bertz CT molecular complexity index is 1370. The largest absolute Gasteiger partial charge is 0.411 e. The lowest BCUT2D eigenvalue weighted by molar-refractivity contribution is -0.123. The first-order chi connectivity index (χ1) is 14.8. The number of H-pyrrole nitrogens is 1. The lowest BCUT2D eigenvalue weighted by Gasteiger charge is -2.25. The maximum atomic E-state index is 13.1. The molecule has 0 bridgehead atoms. The average molecular weight is 440 g/mol. The van der Waals surface area contributed by atoms with Gasteiger partial charge in [-0.1, -0.05) is 30.3 Å². The van der Waals surface area contributed by atoms with E-state index in [0.29, 0.717) is 11.6 Å². The van der Waals surface area contributed by atoms with Crippen LogP contribution < -0.4 is 21.4 Å². The van der Waals surface area contributed by atoms with E-state index in [9.17, 15) is 14.4 Å². The monoisotopic (exact) mass is 440 g/mol. The minimum absolute atomic E-state index is 0.0123. The summed E-state index contributed by atoms with van der Waals surface area (Å²) in [5.41, 5.74) is -0.587. The Morgan fingerprint density at radius 2 is 2.00 bits per heavy atom. The number of hydrogen-bond donors (Lipinski definition) is 2. The number of hydrogen-bond acceptors (Lipinski definition) is 7. The van der Waals surface area contributed by atoms with Crippen molar-refractivity contribution in [2.45, 2.75) is 25.8 Å². The number of anilines is 1. The molecule has 4 rings (SSSR count). The second-order valence-electron chi connectivity index (χ2n) is 7.34. The molecule has 1 aromatic carbocycles. The summed E-state index contributed by atoms with van der Waals surface area (Å²) >= 11 is 1.32. The van der Waals surface area contributed by atoms with E-state index in [1.165, 1.54) is 29.3 Å². The molecular weight excluding hydrogens is 420 g/mol. The number of aromatic nitrogens is 5. The van der Waals surface area contributed by atoms with Crippen molar-refractivity contribution in [2.75, 3.05) is 12.4 Å². The topological polar surface area (TPSA) is 124 Å². The van der Waals surface area contributed by atoms with Crippen molar-refractivity contribution < 1.29 is 9.63 Å². The van der Waals surface area contributed by atoms with Crippen LogP contribution in [0, 0.1) is 0 Å². The van der Waals surface area contributed by atoms with Crippen LogP contribution >= 0.6 is 11.3 Å². The van der Waals surface area contributed by atoms with Gasteiger partial charge in [0.15, 0.2) is 16.3 Å². The van der Waals surface area contributed by atoms with Crippen LogP contribution in [0.4, 0.5) is 5.13 Å². The van der Waals surface area contributed by atoms with Crippen LogP contribution in [0.25, 0.3) is 11.2 Å². The summed E-state index contributed by atoms with van der Waals surface area (Å²) in [6.45, 7) is 3.29. The fourth-order valence-electron chi connectivity index (χ4n) is 3.19. The van der Waals surface area contributed by atoms with Crippen LogP contribution in [-0.2, 0) is 16.8 Å². The van der Waals surface area contributed by atoms with Crippen LogP contribution in [-0.4, -0.2) is 37.3 Å². The Kier molecular flexibility index (Phi) is 5.19. The van der Waals surface area contributed by atoms with Crippen LogP contribution in [0.5, 0.6) is 0 Å². The van der Waals surface area contributed by atoms with Crippen molar-refractivity contribution in [1.29, 1.82) is 0 Å². The van der Waals surface area contributed by atoms with Crippen LogP contribution in [0.3, 0.4) is 0 Å². The van der Waals surface area contributed by atoms with Crippen molar-refractivity contribution in [1.82, 2.24) is 24.2 Å². The zero-order chi connectivity index (χ0) is 22.2. The number of thiazole rings is 1.